The van der Waals surface area contributed by atoms with Crippen molar-refractivity contribution in [1.82, 2.24) is 5.32 Å². The number of rotatable bonds is 4. The van der Waals surface area contributed by atoms with Gasteiger partial charge in [0.15, 0.2) is 0 Å². The molecule has 1 aliphatic heterocycles. The predicted molar refractivity (Wildman–Crippen MR) is 94.9 cm³/mol. The SMILES string of the molecule is CN1CCc2cc(C(O)CNC(=O)c3ccc(Br)cc3)ccc21. The van der Waals surface area contributed by atoms with Crippen LogP contribution in [0.15, 0.2) is 46.9 Å². The van der Waals surface area contributed by atoms with Crippen molar-refractivity contribution in [2.75, 3.05) is 25.0 Å². The second-order valence-corrected chi connectivity index (χ2v) is 6.71. The highest BCUT2D eigenvalue weighted by molar-refractivity contribution is 9.10. The molecule has 0 aromatic heterocycles. The number of amides is 1. The third-order valence-electron chi connectivity index (χ3n) is 4.18. The molecule has 23 heavy (non-hydrogen) atoms. The van der Waals surface area contributed by atoms with Crippen LogP contribution in [0, 0.1) is 0 Å². The first-order valence-electron chi connectivity index (χ1n) is 7.60. The Hall–Kier alpha value is -1.85. The molecular weight excluding hydrogens is 356 g/mol. The molecule has 4 nitrogen and oxygen atoms in total. The summed E-state index contributed by atoms with van der Waals surface area (Å²) in [5.41, 5.74) is 3.90. The van der Waals surface area contributed by atoms with E-state index in [4.69, 9.17) is 0 Å². The molecule has 0 fully saturated rings. The van der Waals surface area contributed by atoms with E-state index in [1.807, 2.05) is 30.3 Å². The van der Waals surface area contributed by atoms with Crippen molar-refractivity contribution in [3.8, 4) is 0 Å². The smallest absolute Gasteiger partial charge is 0.251 e. The molecule has 2 aromatic carbocycles. The molecule has 0 bridgehead atoms. The van der Waals surface area contributed by atoms with Crippen molar-refractivity contribution in [3.63, 3.8) is 0 Å². The molecule has 0 spiro atoms. The molecule has 0 aliphatic carbocycles. The van der Waals surface area contributed by atoms with Gasteiger partial charge in [-0.25, -0.2) is 0 Å². The van der Waals surface area contributed by atoms with Gasteiger partial charge in [0, 0.05) is 35.9 Å². The maximum Gasteiger partial charge on any atom is 0.251 e. The number of benzene rings is 2. The summed E-state index contributed by atoms with van der Waals surface area (Å²) >= 11 is 3.34. The van der Waals surface area contributed by atoms with Gasteiger partial charge >= 0.3 is 0 Å². The van der Waals surface area contributed by atoms with E-state index in [9.17, 15) is 9.90 Å². The summed E-state index contributed by atoms with van der Waals surface area (Å²) in [6.07, 6.45) is 0.295. The fourth-order valence-electron chi connectivity index (χ4n) is 2.80. The normalized spacial score (nSPS) is 14.5. The van der Waals surface area contributed by atoms with Crippen LogP contribution in [0.5, 0.6) is 0 Å². The number of nitrogens with zero attached hydrogens (tertiary/aromatic N) is 1. The summed E-state index contributed by atoms with van der Waals surface area (Å²) < 4.78 is 0.928. The highest BCUT2D eigenvalue weighted by atomic mass is 79.9. The summed E-state index contributed by atoms with van der Waals surface area (Å²) in [4.78, 5) is 14.3. The summed E-state index contributed by atoms with van der Waals surface area (Å²) in [6, 6.07) is 13.1. The minimum absolute atomic E-state index is 0.183. The topological polar surface area (TPSA) is 52.6 Å². The van der Waals surface area contributed by atoms with E-state index in [2.05, 4.69) is 33.2 Å². The quantitative estimate of drug-likeness (QED) is 0.864. The Morgan fingerprint density at radius 1 is 1.30 bits per heavy atom. The fourth-order valence-corrected chi connectivity index (χ4v) is 3.07. The van der Waals surface area contributed by atoms with Gasteiger partial charge in [-0.2, -0.15) is 0 Å². The minimum atomic E-state index is -0.703. The van der Waals surface area contributed by atoms with Crippen molar-refractivity contribution < 1.29 is 9.90 Å². The lowest BCUT2D eigenvalue weighted by molar-refractivity contribution is 0.0916. The van der Waals surface area contributed by atoms with Gasteiger partial charge in [0.25, 0.3) is 5.91 Å². The first-order chi connectivity index (χ1) is 11.0. The second kappa shape index (κ2) is 6.72. The molecule has 1 aliphatic rings. The fraction of sp³-hybridized carbons (Fsp3) is 0.278. The molecule has 1 atom stereocenters. The van der Waals surface area contributed by atoms with Gasteiger partial charge in [-0.3, -0.25) is 4.79 Å². The van der Waals surface area contributed by atoms with Gasteiger partial charge in [-0.05, 0) is 47.9 Å². The number of nitrogens with one attached hydrogen (secondary N) is 1. The van der Waals surface area contributed by atoms with Gasteiger partial charge < -0.3 is 15.3 Å². The molecule has 0 radical (unpaired) electrons. The van der Waals surface area contributed by atoms with Crippen LogP contribution in [0.1, 0.15) is 27.6 Å². The first kappa shape index (κ1) is 16.0. The second-order valence-electron chi connectivity index (χ2n) is 5.79. The number of fused-ring (bicyclic) bond motifs is 1. The molecule has 2 N–H and O–H groups in total. The van der Waals surface area contributed by atoms with Gasteiger partial charge in [-0.15, -0.1) is 0 Å². The zero-order valence-electron chi connectivity index (χ0n) is 12.9. The third-order valence-corrected chi connectivity index (χ3v) is 4.71. The number of carbonyl (C=O) groups is 1. The van der Waals surface area contributed by atoms with E-state index in [1.165, 1.54) is 11.3 Å². The highest BCUT2D eigenvalue weighted by Crippen LogP contribution is 2.29. The number of hydrogen-bond donors (Lipinski definition) is 2. The summed E-state index contributed by atoms with van der Waals surface area (Å²) in [6.45, 7) is 1.21. The minimum Gasteiger partial charge on any atom is -0.387 e. The number of aliphatic hydroxyl groups is 1. The Morgan fingerprint density at radius 2 is 2.04 bits per heavy atom. The molecule has 1 unspecified atom stereocenters. The molecule has 2 aromatic rings. The molecule has 1 amide bonds. The number of halogens is 1. The predicted octanol–water partition coefficient (Wildman–Crippen LogP) is 2.90. The Balaban J connectivity index is 1.62. The van der Waals surface area contributed by atoms with Crippen LogP contribution in [0.4, 0.5) is 5.69 Å². The molecule has 5 heteroatoms. The zero-order chi connectivity index (χ0) is 16.4. The number of aliphatic hydroxyl groups excluding tert-OH is 1. The van der Waals surface area contributed by atoms with E-state index in [1.54, 1.807) is 12.1 Å². The first-order valence-corrected chi connectivity index (χ1v) is 8.39. The maximum atomic E-state index is 12.1. The highest BCUT2D eigenvalue weighted by Gasteiger charge is 2.18. The van der Waals surface area contributed by atoms with Crippen LogP contribution in [0.3, 0.4) is 0 Å². The van der Waals surface area contributed by atoms with Crippen molar-refractivity contribution in [3.05, 3.63) is 63.6 Å². The lowest BCUT2D eigenvalue weighted by atomic mass is 10.0. The molecule has 120 valence electrons. The average molecular weight is 375 g/mol. The maximum absolute atomic E-state index is 12.1. The van der Waals surface area contributed by atoms with E-state index in [0.29, 0.717) is 5.56 Å². The standard InChI is InChI=1S/C18H19BrN2O2/c1-21-9-8-13-10-14(4-7-16(13)21)17(22)11-20-18(23)12-2-5-15(19)6-3-12/h2-7,10,17,22H,8-9,11H2,1H3,(H,20,23). The van der Waals surface area contributed by atoms with E-state index in [-0.39, 0.29) is 12.5 Å². The van der Waals surface area contributed by atoms with Crippen LogP contribution in [0.25, 0.3) is 0 Å². The Kier molecular flexibility index (Phi) is 4.68. The van der Waals surface area contributed by atoms with Gasteiger partial charge in [0.1, 0.15) is 0 Å². The molecule has 0 saturated heterocycles. The summed E-state index contributed by atoms with van der Waals surface area (Å²) in [5.74, 6) is -0.183. The molecule has 3 rings (SSSR count). The number of anilines is 1. The van der Waals surface area contributed by atoms with Crippen LogP contribution in [0.2, 0.25) is 0 Å². The zero-order valence-corrected chi connectivity index (χ0v) is 14.5. The van der Waals surface area contributed by atoms with Gasteiger partial charge in [0.2, 0.25) is 0 Å². The van der Waals surface area contributed by atoms with E-state index < -0.39 is 6.10 Å². The van der Waals surface area contributed by atoms with Crippen molar-refractivity contribution in [2.24, 2.45) is 0 Å². The summed E-state index contributed by atoms with van der Waals surface area (Å²) in [7, 11) is 2.07. The van der Waals surface area contributed by atoms with Crippen molar-refractivity contribution >= 4 is 27.5 Å². The van der Waals surface area contributed by atoms with Crippen LogP contribution in [-0.4, -0.2) is 31.2 Å². The third kappa shape index (κ3) is 3.57. The lowest BCUT2D eigenvalue weighted by Gasteiger charge is -2.15. The lowest BCUT2D eigenvalue weighted by Crippen LogP contribution is -2.28. The largest absolute Gasteiger partial charge is 0.387 e. The van der Waals surface area contributed by atoms with Gasteiger partial charge in [-0.1, -0.05) is 28.1 Å². The molecule has 0 saturated carbocycles. The average Bonchev–Trinajstić information content (AvgIpc) is 2.93. The van der Waals surface area contributed by atoms with E-state index in [0.717, 1.165) is 23.0 Å². The Bertz CT molecular complexity index is 715. The number of hydrogen-bond acceptors (Lipinski definition) is 3. The monoisotopic (exact) mass is 374 g/mol. The molecular formula is C18H19BrN2O2. The summed E-state index contributed by atoms with van der Waals surface area (Å²) in [5, 5.41) is 13.1. The van der Waals surface area contributed by atoms with Crippen LogP contribution in [-0.2, 0) is 6.42 Å². The van der Waals surface area contributed by atoms with Crippen molar-refractivity contribution in [2.45, 2.75) is 12.5 Å². The number of carbonyl (C=O) groups excluding carboxylic acids is 1. The Labute approximate surface area is 144 Å². The Morgan fingerprint density at radius 3 is 2.78 bits per heavy atom. The number of likely N-dealkylation sites (N-methyl/N-ethyl adjacent to an activating group) is 1. The van der Waals surface area contributed by atoms with Gasteiger partial charge in [0.05, 0.1) is 6.10 Å². The van der Waals surface area contributed by atoms with Crippen LogP contribution >= 0.6 is 15.9 Å². The van der Waals surface area contributed by atoms with E-state index >= 15 is 0 Å². The molecule has 1 heterocycles. The van der Waals surface area contributed by atoms with Crippen molar-refractivity contribution in [1.29, 1.82) is 0 Å². The van der Waals surface area contributed by atoms with Crippen LogP contribution < -0.4 is 10.2 Å².